The quantitative estimate of drug-likeness (QED) is 0.324. The topological polar surface area (TPSA) is 66.7 Å². The molecule has 0 saturated carbocycles. The molecule has 5 nitrogen and oxygen atoms in total. The number of hydrazone groups is 1. The number of benzene rings is 3. The zero-order valence-corrected chi connectivity index (χ0v) is 16.6. The van der Waals surface area contributed by atoms with Gasteiger partial charge >= 0.3 is 0 Å². The van der Waals surface area contributed by atoms with E-state index in [0.717, 1.165) is 16.8 Å². The summed E-state index contributed by atoms with van der Waals surface area (Å²) >= 11 is 1.49. The Morgan fingerprint density at radius 2 is 1.69 bits per heavy atom. The summed E-state index contributed by atoms with van der Waals surface area (Å²) in [5.41, 5.74) is 8.08. The van der Waals surface area contributed by atoms with Crippen molar-refractivity contribution in [1.29, 1.82) is 0 Å². The first-order chi connectivity index (χ1) is 14.2. The monoisotopic (exact) mass is 401 g/mol. The van der Waals surface area contributed by atoms with Gasteiger partial charge in [-0.05, 0) is 34.9 Å². The lowest BCUT2D eigenvalue weighted by Crippen LogP contribution is -1.91. The van der Waals surface area contributed by atoms with E-state index in [9.17, 15) is 5.11 Å². The Bertz CT molecular complexity index is 1120. The third-order valence-electron chi connectivity index (χ3n) is 4.37. The van der Waals surface area contributed by atoms with Crippen LogP contribution < -0.4 is 10.2 Å². The van der Waals surface area contributed by atoms with Gasteiger partial charge in [-0.1, -0.05) is 54.6 Å². The van der Waals surface area contributed by atoms with Crippen molar-refractivity contribution in [3.05, 3.63) is 83.7 Å². The molecule has 6 heteroatoms. The Kier molecular flexibility index (Phi) is 5.54. The lowest BCUT2D eigenvalue weighted by Gasteiger charge is -2.03. The lowest BCUT2D eigenvalue weighted by molar-refractivity contribution is 0.373. The molecule has 144 valence electrons. The van der Waals surface area contributed by atoms with Crippen LogP contribution in [0.2, 0.25) is 0 Å². The Morgan fingerprint density at radius 1 is 0.966 bits per heavy atom. The van der Waals surface area contributed by atoms with E-state index in [0.29, 0.717) is 10.9 Å². The number of ether oxygens (including phenoxy) is 1. The number of rotatable bonds is 6. The fourth-order valence-corrected chi connectivity index (χ4v) is 3.53. The molecule has 0 aliphatic heterocycles. The number of anilines is 1. The van der Waals surface area contributed by atoms with Gasteiger partial charge in [0.05, 0.1) is 19.0 Å². The minimum atomic E-state index is 0.0976. The summed E-state index contributed by atoms with van der Waals surface area (Å²) < 4.78 is 5.10. The highest BCUT2D eigenvalue weighted by atomic mass is 32.1. The zero-order valence-electron chi connectivity index (χ0n) is 15.7. The number of hydrogen-bond donors (Lipinski definition) is 2. The third-order valence-corrected chi connectivity index (χ3v) is 5.12. The average molecular weight is 401 g/mol. The van der Waals surface area contributed by atoms with Gasteiger partial charge in [0.15, 0.2) is 11.5 Å². The summed E-state index contributed by atoms with van der Waals surface area (Å²) in [5, 5.41) is 16.6. The molecule has 29 heavy (non-hydrogen) atoms. The first kappa shape index (κ1) is 18.7. The molecule has 0 bridgehead atoms. The van der Waals surface area contributed by atoms with E-state index in [1.54, 1.807) is 24.4 Å². The van der Waals surface area contributed by atoms with Crippen molar-refractivity contribution in [1.82, 2.24) is 4.98 Å². The Balaban J connectivity index is 1.43. The highest BCUT2D eigenvalue weighted by molar-refractivity contribution is 7.14. The molecular formula is C23H19N3O2S. The van der Waals surface area contributed by atoms with Crippen molar-refractivity contribution in [2.45, 2.75) is 0 Å². The van der Waals surface area contributed by atoms with Crippen LogP contribution in [0.4, 0.5) is 5.13 Å². The van der Waals surface area contributed by atoms with Crippen LogP contribution in [0.3, 0.4) is 0 Å². The van der Waals surface area contributed by atoms with Crippen molar-refractivity contribution in [2.75, 3.05) is 12.5 Å². The van der Waals surface area contributed by atoms with Gasteiger partial charge in [0.25, 0.3) is 0 Å². The molecule has 0 fully saturated rings. The van der Waals surface area contributed by atoms with Gasteiger partial charge in [0.1, 0.15) is 0 Å². The second-order valence-corrected chi connectivity index (χ2v) is 7.14. The molecule has 0 radical (unpaired) electrons. The number of phenols is 1. The van der Waals surface area contributed by atoms with Crippen molar-refractivity contribution in [3.8, 4) is 33.9 Å². The SMILES string of the molecule is COc1cc(/C=N/Nc2nc(-c3ccc(-c4ccccc4)cc3)cs2)ccc1O. The third kappa shape index (κ3) is 4.44. The van der Waals surface area contributed by atoms with Gasteiger partial charge < -0.3 is 9.84 Å². The number of nitrogens with zero attached hydrogens (tertiary/aromatic N) is 2. The lowest BCUT2D eigenvalue weighted by atomic mass is 10.0. The largest absolute Gasteiger partial charge is 0.504 e. The van der Waals surface area contributed by atoms with E-state index in [4.69, 9.17) is 4.74 Å². The highest BCUT2D eigenvalue weighted by Crippen LogP contribution is 2.28. The fraction of sp³-hybridized carbons (Fsp3) is 0.0435. The molecule has 2 N–H and O–H groups in total. The van der Waals surface area contributed by atoms with Crippen LogP contribution in [0.1, 0.15) is 5.56 Å². The van der Waals surface area contributed by atoms with Crippen molar-refractivity contribution in [2.24, 2.45) is 5.10 Å². The molecule has 4 aromatic rings. The molecule has 0 spiro atoms. The maximum atomic E-state index is 9.64. The second kappa shape index (κ2) is 8.58. The van der Waals surface area contributed by atoms with E-state index >= 15 is 0 Å². The van der Waals surface area contributed by atoms with Crippen LogP contribution in [0.15, 0.2) is 83.3 Å². The predicted molar refractivity (Wildman–Crippen MR) is 119 cm³/mol. The van der Waals surface area contributed by atoms with Gasteiger partial charge in [0.2, 0.25) is 5.13 Å². The molecule has 3 aromatic carbocycles. The molecule has 0 atom stereocenters. The van der Waals surface area contributed by atoms with Crippen molar-refractivity contribution in [3.63, 3.8) is 0 Å². The number of thiazole rings is 1. The number of aromatic nitrogens is 1. The smallest absolute Gasteiger partial charge is 0.203 e. The molecule has 0 saturated heterocycles. The van der Waals surface area contributed by atoms with Crippen LogP contribution >= 0.6 is 11.3 Å². The fourth-order valence-electron chi connectivity index (χ4n) is 2.86. The molecular weight excluding hydrogens is 382 g/mol. The van der Waals surface area contributed by atoms with Crippen LogP contribution in [0.25, 0.3) is 22.4 Å². The van der Waals surface area contributed by atoms with Crippen LogP contribution in [-0.4, -0.2) is 23.4 Å². The average Bonchev–Trinajstić information content (AvgIpc) is 3.24. The van der Waals surface area contributed by atoms with Gasteiger partial charge in [-0.15, -0.1) is 11.3 Å². The Hall–Kier alpha value is -3.64. The number of hydrogen-bond acceptors (Lipinski definition) is 6. The summed E-state index contributed by atoms with van der Waals surface area (Å²) in [6, 6.07) is 23.7. The molecule has 0 amide bonds. The number of methoxy groups -OCH3 is 1. The summed E-state index contributed by atoms with van der Waals surface area (Å²) in [4.78, 5) is 4.59. The first-order valence-corrected chi connectivity index (χ1v) is 9.88. The maximum absolute atomic E-state index is 9.64. The van der Waals surface area contributed by atoms with Gasteiger partial charge in [-0.25, -0.2) is 4.98 Å². The van der Waals surface area contributed by atoms with Crippen LogP contribution in [0.5, 0.6) is 11.5 Å². The molecule has 4 rings (SSSR count). The first-order valence-electron chi connectivity index (χ1n) is 9.00. The normalized spacial score (nSPS) is 10.9. The standard InChI is InChI=1S/C23H19N3O2S/c1-28-22-13-16(7-12-21(22)27)14-24-26-23-25-20(15-29-23)19-10-8-18(9-11-19)17-5-3-2-4-6-17/h2-15,27H,1H3,(H,25,26)/b24-14+. The predicted octanol–water partition coefficient (Wildman–Crippen LogP) is 5.64. The maximum Gasteiger partial charge on any atom is 0.203 e. The molecule has 0 aliphatic rings. The van der Waals surface area contributed by atoms with Gasteiger partial charge in [0, 0.05) is 10.9 Å². The van der Waals surface area contributed by atoms with Crippen LogP contribution in [-0.2, 0) is 0 Å². The minimum absolute atomic E-state index is 0.0976. The molecule has 0 unspecified atom stereocenters. The van der Waals surface area contributed by atoms with E-state index in [1.807, 2.05) is 23.6 Å². The van der Waals surface area contributed by atoms with Gasteiger partial charge in [-0.2, -0.15) is 5.10 Å². The number of nitrogens with one attached hydrogen (secondary N) is 1. The number of phenolic OH excluding ortho intramolecular Hbond substituents is 1. The summed E-state index contributed by atoms with van der Waals surface area (Å²) in [6.45, 7) is 0. The Morgan fingerprint density at radius 3 is 2.45 bits per heavy atom. The van der Waals surface area contributed by atoms with Crippen LogP contribution in [0, 0.1) is 0 Å². The van der Waals surface area contributed by atoms with Crippen molar-refractivity contribution < 1.29 is 9.84 Å². The number of aromatic hydroxyl groups is 1. The zero-order chi connectivity index (χ0) is 20.1. The van der Waals surface area contributed by atoms with Gasteiger partial charge in [-0.3, -0.25) is 5.43 Å². The summed E-state index contributed by atoms with van der Waals surface area (Å²) in [7, 11) is 1.51. The van der Waals surface area contributed by atoms with E-state index in [2.05, 4.69) is 51.9 Å². The van der Waals surface area contributed by atoms with Crippen molar-refractivity contribution >= 4 is 22.7 Å². The summed E-state index contributed by atoms with van der Waals surface area (Å²) in [5.74, 6) is 0.505. The van der Waals surface area contributed by atoms with E-state index < -0.39 is 0 Å². The van der Waals surface area contributed by atoms with E-state index in [-0.39, 0.29) is 5.75 Å². The Labute approximate surface area is 173 Å². The van der Waals surface area contributed by atoms with E-state index in [1.165, 1.54) is 29.6 Å². The highest BCUT2D eigenvalue weighted by Gasteiger charge is 2.05. The minimum Gasteiger partial charge on any atom is -0.504 e. The summed E-state index contributed by atoms with van der Waals surface area (Å²) in [6.07, 6.45) is 1.65. The molecule has 0 aliphatic carbocycles. The molecule has 1 aromatic heterocycles. The second-order valence-electron chi connectivity index (χ2n) is 6.28. The molecule has 1 heterocycles.